The molecule has 3 aromatic rings. The van der Waals surface area contributed by atoms with E-state index in [1.54, 1.807) is 11.8 Å². The second-order valence-corrected chi connectivity index (χ2v) is 7.63. The van der Waals surface area contributed by atoms with E-state index in [9.17, 15) is 4.79 Å². The van der Waals surface area contributed by atoms with Gasteiger partial charge in [0.15, 0.2) is 0 Å². The highest BCUT2D eigenvalue weighted by molar-refractivity contribution is 7.99. The van der Waals surface area contributed by atoms with E-state index >= 15 is 0 Å². The van der Waals surface area contributed by atoms with Crippen LogP contribution in [0.4, 0.5) is 5.69 Å². The first-order valence-corrected chi connectivity index (χ1v) is 9.31. The molecular formula is C21H16ClNOS. The molecule has 1 amide bonds. The van der Waals surface area contributed by atoms with Gasteiger partial charge < -0.3 is 4.90 Å². The SMILES string of the molecule is C=CC(=O)N1CC(c2ccc(Cl)cc2)Sc2ccc3ccccc3c21. The predicted octanol–water partition coefficient (Wildman–Crippen LogP) is 5.86. The lowest BCUT2D eigenvalue weighted by molar-refractivity contribution is -0.114. The quantitative estimate of drug-likeness (QED) is 0.530. The zero-order valence-electron chi connectivity index (χ0n) is 13.5. The molecule has 0 aliphatic carbocycles. The van der Waals surface area contributed by atoms with Crippen LogP contribution in [0.25, 0.3) is 10.8 Å². The molecular weight excluding hydrogens is 350 g/mol. The molecule has 1 aliphatic heterocycles. The van der Waals surface area contributed by atoms with Crippen LogP contribution in [-0.4, -0.2) is 12.5 Å². The van der Waals surface area contributed by atoms with Crippen molar-refractivity contribution in [1.29, 1.82) is 0 Å². The number of thioether (sulfide) groups is 1. The zero-order chi connectivity index (χ0) is 17.4. The zero-order valence-corrected chi connectivity index (χ0v) is 15.1. The fourth-order valence-corrected chi connectivity index (χ4v) is 4.65. The van der Waals surface area contributed by atoms with Gasteiger partial charge >= 0.3 is 0 Å². The first-order chi connectivity index (χ1) is 12.2. The Balaban J connectivity index is 1.85. The van der Waals surface area contributed by atoms with Crippen molar-refractivity contribution in [2.24, 2.45) is 0 Å². The lowest BCUT2D eigenvalue weighted by Gasteiger charge is -2.34. The molecule has 1 aliphatic rings. The summed E-state index contributed by atoms with van der Waals surface area (Å²) in [4.78, 5) is 15.5. The van der Waals surface area contributed by atoms with E-state index < -0.39 is 0 Å². The summed E-state index contributed by atoms with van der Waals surface area (Å²) < 4.78 is 0. The minimum Gasteiger partial charge on any atom is -0.306 e. The summed E-state index contributed by atoms with van der Waals surface area (Å²) in [6, 6.07) is 20.2. The van der Waals surface area contributed by atoms with Crippen LogP contribution in [0.5, 0.6) is 0 Å². The van der Waals surface area contributed by atoms with Gasteiger partial charge in [0, 0.05) is 21.8 Å². The molecule has 124 valence electrons. The van der Waals surface area contributed by atoms with Gasteiger partial charge in [-0.2, -0.15) is 0 Å². The van der Waals surface area contributed by atoms with Crippen molar-refractivity contribution in [3.05, 3.63) is 83.9 Å². The van der Waals surface area contributed by atoms with Gasteiger partial charge in [-0.1, -0.05) is 60.6 Å². The largest absolute Gasteiger partial charge is 0.306 e. The van der Waals surface area contributed by atoms with Gasteiger partial charge in [-0.25, -0.2) is 0 Å². The Kier molecular flexibility index (Phi) is 4.28. The van der Waals surface area contributed by atoms with Gasteiger partial charge in [-0.3, -0.25) is 4.79 Å². The van der Waals surface area contributed by atoms with Crippen molar-refractivity contribution in [2.75, 3.05) is 11.4 Å². The highest BCUT2D eigenvalue weighted by atomic mass is 35.5. The van der Waals surface area contributed by atoms with E-state index in [0.29, 0.717) is 6.54 Å². The standard InChI is InChI=1S/C21H16ClNOS/c1-2-20(24)23-13-19(15-7-10-16(22)11-8-15)25-18-12-9-14-5-3-4-6-17(14)21(18)23/h2-12,19H,1,13H2. The minimum atomic E-state index is -0.0723. The number of rotatable bonds is 2. The first kappa shape index (κ1) is 16.2. The molecule has 25 heavy (non-hydrogen) atoms. The fourth-order valence-electron chi connectivity index (χ4n) is 3.22. The van der Waals surface area contributed by atoms with Gasteiger partial charge in [-0.15, -0.1) is 11.8 Å². The van der Waals surface area contributed by atoms with E-state index in [1.165, 1.54) is 6.08 Å². The third-order valence-corrected chi connectivity index (χ3v) is 5.97. The maximum Gasteiger partial charge on any atom is 0.250 e. The summed E-state index contributed by atoms with van der Waals surface area (Å²) >= 11 is 7.81. The van der Waals surface area contributed by atoms with E-state index in [2.05, 4.69) is 30.8 Å². The summed E-state index contributed by atoms with van der Waals surface area (Å²) in [6.45, 7) is 4.29. The lowest BCUT2D eigenvalue weighted by Crippen LogP contribution is -2.35. The molecule has 0 saturated carbocycles. The van der Waals surface area contributed by atoms with Crippen molar-refractivity contribution in [3.63, 3.8) is 0 Å². The summed E-state index contributed by atoms with van der Waals surface area (Å²) in [5.41, 5.74) is 2.15. The number of halogens is 1. The average molecular weight is 366 g/mol. The molecule has 1 unspecified atom stereocenters. The number of nitrogens with zero attached hydrogens (tertiary/aromatic N) is 1. The molecule has 3 aromatic carbocycles. The van der Waals surface area contributed by atoms with Crippen molar-refractivity contribution in [2.45, 2.75) is 10.1 Å². The molecule has 1 heterocycles. The molecule has 0 radical (unpaired) electrons. The van der Waals surface area contributed by atoms with Gasteiger partial charge in [0.1, 0.15) is 0 Å². The van der Waals surface area contributed by atoms with Crippen molar-refractivity contribution in [3.8, 4) is 0 Å². The van der Waals surface area contributed by atoms with E-state index in [1.807, 2.05) is 41.3 Å². The van der Waals surface area contributed by atoms with Crippen molar-refractivity contribution < 1.29 is 4.79 Å². The maximum absolute atomic E-state index is 12.6. The van der Waals surface area contributed by atoms with E-state index in [4.69, 9.17) is 11.6 Å². The maximum atomic E-state index is 12.6. The smallest absolute Gasteiger partial charge is 0.250 e. The Bertz CT molecular complexity index is 967. The number of hydrogen-bond acceptors (Lipinski definition) is 2. The number of fused-ring (bicyclic) bond motifs is 3. The van der Waals surface area contributed by atoms with Crippen LogP contribution < -0.4 is 4.90 Å². The summed E-state index contributed by atoms with van der Waals surface area (Å²) in [6.07, 6.45) is 1.39. The lowest BCUT2D eigenvalue weighted by atomic mass is 10.1. The Labute approximate surface area is 156 Å². The van der Waals surface area contributed by atoms with Crippen LogP contribution in [0.3, 0.4) is 0 Å². The molecule has 2 nitrogen and oxygen atoms in total. The number of anilines is 1. The highest BCUT2D eigenvalue weighted by Crippen LogP contribution is 2.48. The predicted molar refractivity (Wildman–Crippen MR) is 107 cm³/mol. The monoisotopic (exact) mass is 365 g/mol. The molecule has 0 spiro atoms. The Morgan fingerprint density at radius 2 is 1.88 bits per heavy atom. The van der Waals surface area contributed by atoms with Crippen LogP contribution in [-0.2, 0) is 4.79 Å². The van der Waals surface area contributed by atoms with Crippen LogP contribution in [0, 0.1) is 0 Å². The second-order valence-electron chi connectivity index (χ2n) is 5.94. The number of benzene rings is 3. The second kappa shape index (κ2) is 6.58. The molecule has 0 bridgehead atoms. The number of amides is 1. The number of hydrogen-bond donors (Lipinski definition) is 0. The third-order valence-electron chi connectivity index (χ3n) is 4.43. The Morgan fingerprint density at radius 3 is 2.64 bits per heavy atom. The van der Waals surface area contributed by atoms with Crippen molar-refractivity contribution in [1.82, 2.24) is 0 Å². The first-order valence-electron chi connectivity index (χ1n) is 8.05. The summed E-state index contributed by atoms with van der Waals surface area (Å²) in [5, 5.41) is 3.11. The summed E-state index contributed by atoms with van der Waals surface area (Å²) in [7, 11) is 0. The van der Waals surface area contributed by atoms with Crippen LogP contribution in [0.1, 0.15) is 10.8 Å². The van der Waals surface area contributed by atoms with E-state index in [0.717, 1.165) is 31.9 Å². The summed E-state index contributed by atoms with van der Waals surface area (Å²) in [5.74, 6) is -0.0723. The highest BCUT2D eigenvalue weighted by Gasteiger charge is 2.30. The molecule has 4 rings (SSSR count). The van der Waals surface area contributed by atoms with Gasteiger partial charge in [0.05, 0.1) is 10.9 Å². The average Bonchev–Trinajstić information content (AvgIpc) is 2.66. The molecule has 1 atom stereocenters. The molecule has 0 N–H and O–H groups in total. The Morgan fingerprint density at radius 1 is 1.12 bits per heavy atom. The van der Waals surface area contributed by atoms with Gasteiger partial charge in [0.2, 0.25) is 5.91 Å². The van der Waals surface area contributed by atoms with Gasteiger partial charge in [0.25, 0.3) is 0 Å². The van der Waals surface area contributed by atoms with Crippen LogP contribution >= 0.6 is 23.4 Å². The van der Waals surface area contributed by atoms with Gasteiger partial charge in [-0.05, 0) is 35.2 Å². The Hall–Kier alpha value is -2.23. The van der Waals surface area contributed by atoms with Crippen LogP contribution in [0.15, 0.2) is 78.2 Å². The van der Waals surface area contributed by atoms with Crippen molar-refractivity contribution >= 4 is 45.7 Å². The van der Waals surface area contributed by atoms with Crippen LogP contribution in [0.2, 0.25) is 5.02 Å². The van der Waals surface area contributed by atoms with E-state index in [-0.39, 0.29) is 11.2 Å². The molecule has 0 saturated heterocycles. The fraction of sp³-hybridized carbons (Fsp3) is 0.0952. The topological polar surface area (TPSA) is 20.3 Å². The number of carbonyl (C=O) groups is 1. The molecule has 0 fully saturated rings. The minimum absolute atomic E-state index is 0.0723. The third kappa shape index (κ3) is 2.94. The number of carbonyl (C=O) groups excluding carboxylic acids is 1. The normalized spacial score (nSPS) is 16.5. The molecule has 0 aromatic heterocycles. The molecule has 4 heteroatoms.